The number of carbonyl (C=O) groups excluding carboxylic acids is 1. The van der Waals surface area contributed by atoms with Crippen molar-refractivity contribution in [3.63, 3.8) is 0 Å². The Hall–Kier alpha value is -2.43. The number of hydrogen-bond donors (Lipinski definition) is 1. The Labute approximate surface area is 112 Å². The third-order valence-corrected chi connectivity index (χ3v) is 2.68. The van der Waals surface area contributed by atoms with Gasteiger partial charge in [-0.1, -0.05) is 6.08 Å². The summed E-state index contributed by atoms with van der Waals surface area (Å²) >= 11 is 0. The van der Waals surface area contributed by atoms with Crippen molar-refractivity contribution in [2.24, 2.45) is 0 Å². The summed E-state index contributed by atoms with van der Waals surface area (Å²) in [7, 11) is 0. The molecule has 0 aliphatic rings. The fraction of sp³-hybridized carbons (Fsp3) is 0.214. The molecule has 0 unspecified atom stereocenters. The number of hydrogen-bond acceptors (Lipinski definition) is 3. The molecule has 98 valence electrons. The van der Waals surface area contributed by atoms with Gasteiger partial charge in [0.05, 0.1) is 11.9 Å². The smallest absolute Gasteiger partial charge is 0.224 e. The monoisotopic (exact) mass is 256 g/mol. The van der Waals surface area contributed by atoms with E-state index in [2.05, 4.69) is 21.9 Å². The lowest BCUT2D eigenvalue weighted by Gasteiger charge is -2.06. The molecule has 5 heteroatoms. The minimum Gasteiger partial charge on any atom is -0.325 e. The van der Waals surface area contributed by atoms with E-state index in [1.54, 1.807) is 18.5 Å². The quantitative estimate of drug-likeness (QED) is 0.836. The van der Waals surface area contributed by atoms with Gasteiger partial charge in [-0.2, -0.15) is 0 Å². The van der Waals surface area contributed by atoms with Crippen molar-refractivity contribution in [1.29, 1.82) is 0 Å². The summed E-state index contributed by atoms with van der Waals surface area (Å²) in [4.78, 5) is 20.0. The van der Waals surface area contributed by atoms with Gasteiger partial charge in [-0.25, -0.2) is 9.97 Å². The zero-order chi connectivity index (χ0) is 13.7. The van der Waals surface area contributed by atoms with Crippen molar-refractivity contribution in [2.75, 3.05) is 5.32 Å². The third-order valence-electron chi connectivity index (χ3n) is 2.68. The molecule has 0 fully saturated rings. The lowest BCUT2D eigenvalue weighted by Crippen LogP contribution is -2.11. The normalized spacial score (nSPS) is 10.2. The molecule has 2 heterocycles. The van der Waals surface area contributed by atoms with E-state index in [0.717, 1.165) is 11.6 Å². The number of imidazole rings is 1. The number of carbonyl (C=O) groups is 1. The first-order valence-corrected chi connectivity index (χ1v) is 6.08. The number of nitrogens with zero attached hydrogens (tertiary/aromatic N) is 3. The predicted molar refractivity (Wildman–Crippen MR) is 74.2 cm³/mol. The molecule has 2 aromatic heterocycles. The third kappa shape index (κ3) is 3.28. The highest BCUT2D eigenvalue weighted by molar-refractivity contribution is 5.90. The maximum absolute atomic E-state index is 11.5. The summed E-state index contributed by atoms with van der Waals surface area (Å²) < 4.78 is 1.88. The van der Waals surface area contributed by atoms with E-state index in [-0.39, 0.29) is 5.91 Å². The molecule has 0 aromatic carbocycles. The van der Waals surface area contributed by atoms with E-state index in [1.165, 1.54) is 0 Å². The fourth-order valence-corrected chi connectivity index (χ4v) is 1.68. The zero-order valence-corrected chi connectivity index (χ0v) is 10.8. The van der Waals surface area contributed by atoms with Crippen LogP contribution in [0.3, 0.4) is 0 Å². The fourth-order valence-electron chi connectivity index (χ4n) is 1.68. The molecule has 0 saturated carbocycles. The van der Waals surface area contributed by atoms with Gasteiger partial charge in [0.2, 0.25) is 5.91 Å². The van der Waals surface area contributed by atoms with Crippen molar-refractivity contribution in [3.05, 3.63) is 49.2 Å². The van der Waals surface area contributed by atoms with Crippen LogP contribution in [0.1, 0.15) is 18.7 Å². The van der Waals surface area contributed by atoms with E-state index in [0.29, 0.717) is 18.5 Å². The average Bonchev–Trinajstić information content (AvgIpc) is 2.83. The van der Waals surface area contributed by atoms with Gasteiger partial charge in [-0.05, 0) is 25.5 Å². The molecule has 0 radical (unpaired) electrons. The van der Waals surface area contributed by atoms with Crippen molar-refractivity contribution in [1.82, 2.24) is 14.5 Å². The highest BCUT2D eigenvalue weighted by Crippen LogP contribution is 2.11. The number of aryl methyl sites for hydroxylation is 1. The number of pyridine rings is 1. The van der Waals surface area contributed by atoms with Gasteiger partial charge in [0.25, 0.3) is 0 Å². The summed E-state index contributed by atoms with van der Waals surface area (Å²) in [5.74, 6) is 1.61. The Morgan fingerprint density at radius 1 is 1.47 bits per heavy atom. The maximum atomic E-state index is 11.5. The molecule has 1 amide bonds. The summed E-state index contributed by atoms with van der Waals surface area (Å²) in [6, 6.07) is 3.67. The van der Waals surface area contributed by atoms with Crippen LogP contribution in [-0.4, -0.2) is 20.4 Å². The minimum absolute atomic E-state index is 0.0340. The molecule has 2 rings (SSSR count). The second-order valence-electron chi connectivity index (χ2n) is 4.13. The Kier molecular flexibility index (Phi) is 4.07. The van der Waals surface area contributed by atoms with Crippen molar-refractivity contribution >= 4 is 11.6 Å². The SMILES string of the molecule is C=CCCC(=O)Nc1ccc(-n2ccnc2C)nc1. The minimum atomic E-state index is -0.0340. The Bertz CT molecular complexity index is 571. The van der Waals surface area contributed by atoms with Crippen LogP contribution in [0.2, 0.25) is 0 Å². The number of allylic oxidation sites excluding steroid dienone is 1. The molecule has 0 saturated heterocycles. The van der Waals surface area contributed by atoms with Crippen molar-refractivity contribution in [2.45, 2.75) is 19.8 Å². The molecule has 5 nitrogen and oxygen atoms in total. The standard InChI is InChI=1S/C14H16N4O/c1-3-4-5-14(19)17-12-6-7-13(16-10-12)18-9-8-15-11(18)2/h3,6-10H,1,4-5H2,2H3,(H,17,19). The zero-order valence-electron chi connectivity index (χ0n) is 10.8. The van der Waals surface area contributed by atoms with E-state index < -0.39 is 0 Å². The van der Waals surface area contributed by atoms with Gasteiger partial charge >= 0.3 is 0 Å². The molecule has 0 aliphatic carbocycles. The van der Waals surface area contributed by atoms with Crippen LogP contribution >= 0.6 is 0 Å². The van der Waals surface area contributed by atoms with Gasteiger partial charge in [-0.3, -0.25) is 9.36 Å². The predicted octanol–water partition coefficient (Wildman–Crippen LogP) is 2.48. The van der Waals surface area contributed by atoms with Gasteiger partial charge in [0, 0.05) is 18.8 Å². The molecule has 19 heavy (non-hydrogen) atoms. The topological polar surface area (TPSA) is 59.8 Å². The lowest BCUT2D eigenvalue weighted by molar-refractivity contribution is -0.116. The lowest BCUT2D eigenvalue weighted by atomic mass is 10.3. The molecular weight excluding hydrogens is 240 g/mol. The molecule has 0 atom stereocenters. The second-order valence-corrected chi connectivity index (χ2v) is 4.13. The van der Waals surface area contributed by atoms with E-state index in [9.17, 15) is 4.79 Å². The van der Waals surface area contributed by atoms with Gasteiger partial charge in [0.15, 0.2) is 0 Å². The van der Waals surface area contributed by atoms with Crippen LogP contribution in [0.15, 0.2) is 43.4 Å². The first-order chi connectivity index (χ1) is 9.20. The Morgan fingerprint density at radius 3 is 2.89 bits per heavy atom. The summed E-state index contributed by atoms with van der Waals surface area (Å²) in [5.41, 5.74) is 0.690. The van der Waals surface area contributed by atoms with Crippen LogP contribution in [0.5, 0.6) is 0 Å². The number of rotatable bonds is 5. The van der Waals surface area contributed by atoms with Crippen molar-refractivity contribution < 1.29 is 4.79 Å². The van der Waals surface area contributed by atoms with Gasteiger partial charge < -0.3 is 5.32 Å². The first-order valence-electron chi connectivity index (χ1n) is 6.08. The molecular formula is C14H16N4O. The number of anilines is 1. The largest absolute Gasteiger partial charge is 0.325 e. The first kappa shape index (κ1) is 13.0. The second kappa shape index (κ2) is 5.95. The van der Waals surface area contributed by atoms with E-state index in [4.69, 9.17) is 0 Å². The number of amides is 1. The Morgan fingerprint density at radius 2 is 2.32 bits per heavy atom. The highest BCUT2D eigenvalue weighted by Gasteiger charge is 2.04. The number of nitrogens with one attached hydrogen (secondary N) is 1. The molecule has 1 N–H and O–H groups in total. The number of aromatic nitrogens is 3. The van der Waals surface area contributed by atoms with Crippen LogP contribution in [0.25, 0.3) is 5.82 Å². The summed E-state index contributed by atoms with van der Waals surface area (Å²) in [6.45, 7) is 5.50. The van der Waals surface area contributed by atoms with Crippen LogP contribution in [-0.2, 0) is 4.79 Å². The van der Waals surface area contributed by atoms with Crippen LogP contribution in [0.4, 0.5) is 5.69 Å². The van der Waals surface area contributed by atoms with Crippen molar-refractivity contribution in [3.8, 4) is 5.82 Å². The summed E-state index contributed by atoms with van der Waals surface area (Å²) in [6.07, 6.45) is 8.04. The van der Waals surface area contributed by atoms with Crippen LogP contribution in [0, 0.1) is 6.92 Å². The Balaban J connectivity index is 2.05. The molecule has 0 aliphatic heterocycles. The maximum Gasteiger partial charge on any atom is 0.224 e. The van der Waals surface area contributed by atoms with Crippen LogP contribution < -0.4 is 5.32 Å². The molecule has 0 spiro atoms. The molecule has 2 aromatic rings. The van der Waals surface area contributed by atoms with Gasteiger partial charge in [-0.15, -0.1) is 6.58 Å². The van der Waals surface area contributed by atoms with Gasteiger partial charge in [0.1, 0.15) is 11.6 Å². The van der Waals surface area contributed by atoms with E-state index in [1.807, 2.05) is 29.8 Å². The highest BCUT2D eigenvalue weighted by atomic mass is 16.1. The molecule has 0 bridgehead atoms. The summed E-state index contributed by atoms with van der Waals surface area (Å²) in [5, 5.41) is 2.79. The van der Waals surface area contributed by atoms with E-state index >= 15 is 0 Å². The average molecular weight is 256 g/mol.